The second-order valence-electron chi connectivity index (χ2n) is 9.41. The van der Waals surface area contributed by atoms with Crippen LogP contribution in [0.25, 0.3) is 10.8 Å². The van der Waals surface area contributed by atoms with E-state index in [1.165, 1.54) is 21.4 Å². The number of carbonyl (C=O) groups excluding carboxylic acids is 2. The molecule has 4 aromatic rings. The minimum absolute atomic E-state index is 0.0905. The number of carbonyl (C=O) groups is 2. The summed E-state index contributed by atoms with van der Waals surface area (Å²) < 4.78 is 27.4. The first kappa shape index (κ1) is 27.8. The summed E-state index contributed by atoms with van der Waals surface area (Å²) >= 11 is 0. The third kappa shape index (κ3) is 5.63. The largest absolute Gasteiger partial charge is 0.276 e. The van der Waals surface area contributed by atoms with Crippen molar-refractivity contribution in [3.63, 3.8) is 0 Å². The highest BCUT2D eigenvalue weighted by atomic mass is 32.2. The second kappa shape index (κ2) is 11.4. The molecule has 0 bridgehead atoms. The summed E-state index contributed by atoms with van der Waals surface area (Å²) in [6, 6.07) is 20.1. The van der Waals surface area contributed by atoms with Crippen molar-refractivity contribution >= 4 is 38.3 Å². The van der Waals surface area contributed by atoms with Crippen LogP contribution in [0.2, 0.25) is 0 Å². The highest BCUT2D eigenvalue weighted by molar-refractivity contribution is 7.89. The van der Waals surface area contributed by atoms with Gasteiger partial charge in [-0.1, -0.05) is 35.9 Å². The molecule has 6 rings (SSSR count). The normalized spacial score (nSPS) is 15.8. The van der Waals surface area contributed by atoms with Crippen LogP contribution in [0.1, 0.15) is 26.3 Å². The maximum atomic E-state index is 13.4. The van der Waals surface area contributed by atoms with Gasteiger partial charge < -0.3 is 0 Å². The lowest BCUT2D eigenvalue weighted by molar-refractivity contribution is -0.445. The number of nitrogens with one attached hydrogen (secondary N) is 1. The van der Waals surface area contributed by atoms with Crippen molar-refractivity contribution in [2.45, 2.75) is 11.8 Å². The highest BCUT2D eigenvalue weighted by Crippen LogP contribution is 2.34. The van der Waals surface area contributed by atoms with Gasteiger partial charge in [-0.15, -0.1) is 5.43 Å². The van der Waals surface area contributed by atoms with Gasteiger partial charge in [-0.25, -0.2) is 28.5 Å². The number of hydrazine groups is 2. The minimum atomic E-state index is -3.71. The lowest BCUT2D eigenvalue weighted by Gasteiger charge is -2.40. The Labute approximate surface area is 236 Å². The molecule has 0 unspecified atom stereocenters. The number of nitro groups is 1. The summed E-state index contributed by atoms with van der Waals surface area (Å²) in [6.07, 6.45) is 3.50. The summed E-state index contributed by atoms with van der Waals surface area (Å²) in [4.78, 5) is 41.6. The first-order valence-electron chi connectivity index (χ1n) is 12.7. The summed E-state index contributed by atoms with van der Waals surface area (Å²) in [6.45, 7) is 2.30. The number of amides is 2. The van der Waals surface area contributed by atoms with Gasteiger partial charge in [0.25, 0.3) is 11.8 Å². The van der Waals surface area contributed by atoms with Gasteiger partial charge in [0.05, 0.1) is 16.0 Å². The molecule has 0 aliphatic carbocycles. The lowest BCUT2D eigenvalue weighted by Crippen LogP contribution is -2.59. The molecular formula is C28H26N6O6S. The fraction of sp³-hybridized carbons (Fsp3) is 0.179. The molecular weight excluding hydrogens is 548 g/mol. The number of imide groups is 1. The summed E-state index contributed by atoms with van der Waals surface area (Å²) in [5.41, 5.74) is 3.59. The van der Waals surface area contributed by atoms with Crippen LogP contribution in [0.5, 0.6) is 0 Å². The molecule has 1 fully saturated rings. The molecule has 2 aliphatic heterocycles. The number of hydrogen-bond acceptors (Lipinski definition) is 8. The molecule has 12 nitrogen and oxygen atoms in total. The van der Waals surface area contributed by atoms with Crippen LogP contribution in [0.15, 0.2) is 90.1 Å². The van der Waals surface area contributed by atoms with E-state index in [0.29, 0.717) is 16.3 Å². The molecule has 0 spiro atoms. The van der Waals surface area contributed by atoms with Crippen molar-refractivity contribution in [1.82, 2.24) is 19.3 Å². The Morgan fingerprint density at radius 2 is 1.51 bits per heavy atom. The van der Waals surface area contributed by atoms with E-state index in [4.69, 9.17) is 0 Å². The number of nitrogens with zero attached hydrogens (tertiary/aromatic N) is 5. The van der Waals surface area contributed by atoms with Gasteiger partial charge in [-0.3, -0.25) is 14.6 Å². The van der Waals surface area contributed by atoms with Gasteiger partial charge in [-0.05, 0) is 54.8 Å². The first-order valence-corrected chi connectivity index (χ1v) is 14.1. The number of hydrogen-bond donors (Lipinski definition) is 1. The Balaban J connectivity index is 0.000000500. The molecule has 1 saturated heterocycles. The van der Waals surface area contributed by atoms with Crippen LogP contribution in [0.4, 0.5) is 5.69 Å². The topological polar surface area (TPSA) is 146 Å². The molecule has 41 heavy (non-hydrogen) atoms. The van der Waals surface area contributed by atoms with E-state index < -0.39 is 26.9 Å². The molecule has 1 N–H and O–H groups in total. The van der Waals surface area contributed by atoms with Crippen LogP contribution >= 0.6 is 0 Å². The van der Waals surface area contributed by atoms with Crippen LogP contribution in [-0.2, 0) is 10.0 Å². The Morgan fingerprint density at radius 1 is 0.854 bits per heavy atom. The Bertz CT molecular complexity index is 1700. The summed E-state index contributed by atoms with van der Waals surface area (Å²) in [5, 5.41) is 13.7. The van der Waals surface area contributed by atoms with E-state index in [2.05, 4.69) is 10.4 Å². The highest BCUT2D eigenvalue weighted by Gasteiger charge is 2.39. The number of anilines is 1. The smallest absolute Gasteiger partial charge is 0.267 e. The monoisotopic (exact) mass is 574 g/mol. The molecule has 0 radical (unpaired) electrons. The molecule has 0 atom stereocenters. The number of pyridine rings is 1. The van der Waals surface area contributed by atoms with E-state index in [-0.39, 0.29) is 42.3 Å². The van der Waals surface area contributed by atoms with E-state index >= 15 is 0 Å². The summed E-state index contributed by atoms with van der Waals surface area (Å²) in [5.74, 6) is -1.13. The molecule has 2 aliphatic rings. The fourth-order valence-electron chi connectivity index (χ4n) is 4.81. The van der Waals surface area contributed by atoms with Gasteiger partial charge in [-0.2, -0.15) is 4.31 Å². The second-order valence-corrected chi connectivity index (χ2v) is 11.4. The first-order chi connectivity index (χ1) is 19.7. The van der Waals surface area contributed by atoms with Crippen molar-refractivity contribution in [2.75, 3.05) is 31.6 Å². The Morgan fingerprint density at radius 3 is 2.10 bits per heavy atom. The van der Waals surface area contributed by atoms with Crippen molar-refractivity contribution in [1.29, 1.82) is 0 Å². The molecule has 3 aromatic carbocycles. The maximum absolute atomic E-state index is 13.4. The van der Waals surface area contributed by atoms with Crippen molar-refractivity contribution in [2.24, 2.45) is 0 Å². The average Bonchev–Trinajstić information content (AvgIpc) is 2.97. The third-order valence-electron chi connectivity index (χ3n) is 6.77. The predicted molar refractivity (Wildman–Crippen MR) is 151 cm³/mol. The maximum Gasteiger partial charge on any atom is 0.276 e. The summed E-state index contributed by atoms with van der Waals surface area (Å²) in [7, 11) is -3.71. The quantitative estimate of drug-likeness (QED) is 0.215. The van der Waals surface area contributed by atoms with E-state index in [1.54, 1.807) is 54.9 Å². The molecule has 0 saturated carbocycles. The van der Waals surface area contributed by atoms with E-state index in [0.717, 1.165) is 10.6 Å². The van der Waals surface area contributed by atoms with Crippen LogP contribution in [-0.4, -0.2) is 70.8 Å². The van der Waals surface area contributed by atoms with Crippen LogP contribution < -0.4 is 5.43 Å². The van der Waals surface area contributed by atoms with Gasteiger partial charge in [0.15, 0.2) is 5.03 Å². The number of piperazine rings is 1. The van der Waals surface area contributed by atoms with Gasteiger partial charge in [0, 0.05) is 44.0 Å². The zero-order valence-corrected chi connectivity index (χ0v) is 22.8. The fourth-order valence-corrected chi connectivity index (χ4v) is 6.23. The molecule has 210 valence electrons. The predicted octanol–water partition coefficient (Wildman–Crippen LogP) is 3.35. The number of aromatic nitrogens is 1. The number of aryl methyl sites for hydroxylation is 1. The molecule has 13 heteroatoms. The minimum Gasteiger partial charge on any atom is -0.267 e. The van der Waals surface area contributed by atoms with Gasteiger partial charge in [0.1, 0.15) is 5.69 Å². The zero-order valence-electron chi connectivity index (χ0n) is 22.0. The zero-order chi connectivity index (χ0) is 29.1. The van der Waals surface area contributed by atoms with Crippen LogP contribution in [0.3, 0.4) is 0 Å². The lowest BCUT2D eigenvalue weighted by atomic mass is 9.94. The van der Waals surface area contributed by atoms with E-state index in [1.807, 2.05) is 25.1 Å². The van der Waals surface area contributed by atoms with Gasteiger partial charge in [0.2, 0.25) is 10.0 Å². The number of rotatable bonds is 5. The van der Waals surface area contributed by atoms with Crippen molar-refractivity contribution < 1.29 is 23.0 Å². The average molecular weight is 575 g/mol. The standard InChI is InChI=1S/C23H21N5O6S.C5H5N/c1-15-5-7-18(8-6-15)35(33,34)26-11-9-25(10-12-26)27-22(29)19-4-2-3-16-13-17(24-28(31)32)14-20(21(16)19)23(27)30;1-2-4-6-5-3-1/h2-8,13-14,24H,9-12H2,1H3;1-5H. The number of sulfonamides is 1. The van der Waals surface area contributed by atoms with E-state index in [9.17, 15) is 28.1 Å². The Hall–Kier alpha value is -4.72. The van der Waals surface area contributed by atoms with Crippen molar-refractivity contribution in [3.05, 3.63) is 112 Å². The molecule has 3 heterocycles. The Kier molecular flexibility index (Phi) is 7.75. The van der Waals surface area contributed by atoms with Crippen LogP contribution in [0, 0.1) is 17.0 Å². The van der Waals surface area contributed by atoms with Gasteiger partial charge >= 0.3 is 0 Å². The third-order valence-corrected chi connectivity index (χ3v) is 8.68. The molecule has 2 amide bonds. The SMILES string of the molecule is Cc1ccc(S(=O)(=O)N2CCN(N3C(=O)c4cccc5cc(N[N+](=O)[O-])cc(c45)C3=O)CC2)cc1.c1ccncc1. The molecule has 1 aromatic heterocycles. The van der Waals surface area contributed by atoms with Crippen molar-refractivity contribution in [3.8, 4) is 0 Å². The number of benzene rings is 3.